The molecule has 0 aromatic heterocycles. The Labute approximate surface area is 125 Å². The van der Waals surface area contributed by atoms with Crippen molar-refractivity contribution in [1.29, 1.82) is 0 Å². The van der Waals surface area contributed by atoms with E-state index in [2.05, 4.69) is 78.2 Å². The van der Waals surface area contributed by atoms with Crippen molar-refractivity contribution in [2.75, 3.05) is 5.32 Å². The molecule has 102 valence electrons. The van der Waals surface area contributed by atoms with Gasteiger partial charge in [0.05, 0.1) is 0 Å². The smallest absolute Gasteiger partial charge is 0.0499 e. The molecule has 1 unspecified atom stereocenters. The maximum atomic E-state index is 3.63. The lowest BCUT2D eigenvalue weighted by Crippen LogP contribution is -2.18. The van der Waals surface area contributed by atoms with E-state index in [4.69, 9.17) is 0 Å². The van der Waals surface area contributed by atoms with E-state index in [1.807, 2.05) is 6.07 Å². The fourth-order valence-electron chi connectivity index (χ4n) is 3.17. The molecule has 0 saturated heterocycles. The number of para-hydroxylation sites is 1. The molecule has 0 radical (unpaired) electrons. The molecule has 1 atom stereocenters. The summed E-state index contributed by atoms with van der Waals surface area (Å²) < 4.78 is 0. The predicted octanol–water partition coefficient (Wildman–Crippen LogP) is 4.81. The minimum absolute atomic E-state index is 0.483. The van der Waals surface area contributed by atoms with Crippen molar-refractivity contribution in [2.45, 2.75) is 6.42 Å². The van der Waals surface area contributed by atoms with Gasteiger partial charge in [0.1, 0.15) is 0 Å². The van der Waals surface area contributed by atoms with Crippen LogP contribution in [-0.4, -0.2) is 0 Å². The van der Waals surface area contributed by atoms with Crippen molar-refractivity contribution in [1.82, 2.24) is 0 Å². The second kappa shape index (κ2) is 5.10. The zero-order valence-electron chi connectivity index (χ0n) is 11.8. The number of allylic oxidation sites excluding steroid dienone is 5. The number of fused-ring (bicyclic) bond motifs is 2. The normalized spacial score (nSPS) is 19.1. The molecule has 1 N–H and O–H groups in total. The van der Waals surface area contributed by atoms with E-state index >= 15 is 0 Å². The highest BCUT2D eigenvalue weighted by Gasteiger charge is 2.25. The zero-order chi connectivity index (χ0) is 14.1. The molecule has 2 aromatic rings. The molecular formula is C20H17N. The standard InChI is InChI=1S/C20H17N/c1-2-10-17(11-3-1)21-20-18-12-6-4-8-15(18)14-16-9-5-7-13-19(16)20/h1-13,15,21H,14H2. The summed E-state index contributed by atoms with van der Waals surface area (Å²) in [7, 11) is 0. The molecule has 0 spiro atoms. The average molecular weight is 271 g/mol. The molecule has 0 fully saturated rings. The molecule has 2 aliphatic rings. The zero-order valence-corrected chi connectivity index (χ0v) is 11.8. The van der Waals surface area contributed by atoms with Gasteiger partial charge in [0.15, 0.2) is 0 Å². The van der Waals surface area contributed by atoms with E-state index in [1.165, 1.54) is 22.4 Å². The fraction of sp³-hybridized carbons (Fsp3) is 0.100. The van der Waals surface area contributed by atoms with Crippen LogP contribution in [0.5, 0.6) is 0 Å². The van der Waals surface area contributed by atoms with E-state index in [0.717, 1.165) is 12.1 Å². The van der Waals surface area contributed by atoms with Gasteiger partial charge in [0, 0.05) is 22.9 Å². The van der Waals surface area contributed by atoms with Crippen LogP contribution in [0, 0.1) is 5.92 Å². The summed E-state index contributed by atoms with van der Waals surface area (Å²) in [5.41, 5.74) is 6.52. The van der Waals surface area contributed by atoms with Gasteiger partial charge in [-0.3, -0.25) is 0 Å². The molecule has 2 aromatic carbocycles. The van der Waals surface area contributed by atoms with Gasteiger partial charge < -0.3 is 5.32 Å². The molecule has 0 aliphatic heterocycles. The Kier molecular flexibility index (Phi) is 2.97. The third-order valence-electron chi connectivity index (χ3n) is 4.19. The largest absolute Gasteiger partial charge is 0.355 e. The van der Waals surface area contributed by atoms with E-state index in [9.17, 15) is 0 Å². The molecule has 0 bridgehead atoms. The molecule has 0 saturated carbocycles. The summed E-state index contributed by atoms with van der Waals surface area (Å²) in [6, 6.07) is 19.1. The van der Waals surface area contributed by atoms with Gasteiger partial charge in [-0.15, -0.1) is 0 Å². The second-order valence-electron chi connectivity index (χ2n) is 5.53. The quantitative estimate of drug-likeness (QED) is 0.826. The van der Waals surface area contributed by atoms with Crippen LogP contribution >= 0.6 is 0 Å². The fourth-order valence-corrected chi connectivity index (χ4v) is 3.17. The Balaban J connectivity index is 1.85. The van der Waals surface area contributed by atoms with Gasteiger partial charge in [0.25, 0.3) is 0 Å². The molecule has 21 heavy (non-hydrogen) atoms. The van der Waals surface area contributed by atoms with E-state index in [1.54, 1.807) is 0 Å². The summed E-state index contributed by atoms with van der Waals surface area (Å²) >= 11 is 0. The summed E-state index contributed by atoms with van der Waals surface area (Å²) in [4.78, 5) is 0. The van der Waals surface area contributed by atoms with Crippen molar-refractivity contribution >= 4 is 11.4 Å². The van der Waals surface area contributed by atoms with Gasteiger partial charge in [-0.25, -0.2) is 0 Å². The van der Waals surface area contributed by atoms with E-state index < -0.39 is 0 Å². The molecule has 1 nitrogen and oxygen atoms in total. The lowest BCUT2D eigenvalue weighted by molar-refractivity contribution is 0.753. The highest BCUT2D eigenvalue weighted by Crippen LogP contribution is 2.38. The second-order valence-corrected chi connectivity index (χ2v) is 5.53. The van der Waals surface area contributed by atoms with E-state index in [-0.39, 0.29) is 0 Å². The van der Waals surface area contributed by atoms with Gasteiger partial charge >= 0.3 is 0 Å². The highest BCUT2D eigenvalue weighted by molar-refractivity contribution is 5.84. The van der Waals surface area contributed by atoms with Crippen LogP contribution in [0.4, 0.5) is 5.69 Å². The van der Waals surface area contributed by atoms with Crippen molar-refractivity contribution in [2.24, 2.45) is 5.92 Å². The molecule has 2 aliphatic carbocycles. The summed E-state index contributed by atoms with van der Waals surface area (Å²) in [6.45, 7) is 0. The number of hydrogen-bond acceptors (Lipinski definition) is 1. The minimum atomic E-state index is 0.483. The van der Waals surface area contributed by atoms with Crippen molar-refractivity contribution in [3.8, 4) is 0 Å². The van der Waals surface area contributed by atoms with Gasteiger partial charge in [-0.1, -0.05) is 66.8 Å². The first-order chi connectivity index (χ1) is 10.4. The summed E-state index contributed by atoms with van der Waals surface area (Å²) in [5.74, 6) is 0.483. The number of nitrogens with one attached hydrogen (secondary N) is 1. The number of hydrogen-bond donors (Lipinski definition) is 1. The first-order valence-electron chi connectivity index (χ1n) is 7.41. The van der Waals surface area contributed by atoms with E-state index in [0.29, 0.717) is 5.92 Å². The van der Waals surface area contributed by atoms with Gasteiger partial charge in [-0.2, -0.15) is 0 Å². The van der Waals surface area contributed by atoms with Crippen LogP contribution in [0.15, 0.2) is 84.5 Å². The SMILES string of the molecule is C1=CC2=C(Nc3ccccc3)c3ccccc3CC2C=C1. The van der Waals surface area contributed by atoms with Gasteiger partial charge in [0.2, 0.25) is 0 Å². The van der Waals surface area contributed by atoms with Crippen LogP contribution in [0.3, 0.4) is 0 Å². The Morgan fingerprint density at radius 1 is 0.857 bits per heavy atom. The average Bonchev–Trinajstić information content (AvgIpc) is 2.55. The lowest BCUT2D eigenvalue weighted by Gasteiger charge is -2.29. The Hall–Kier alpha value is -2.54. The highest BCUT2D eigenvalue weighted by atomic mass is 14.9. The molecule has 0 heterocycles. The van der Waals surface area contributed by atoms with Gasteiger partial charge in [-0.05, 0) is 29.7 Å². The van der Waals surface area contributed by atoms with Crippen LogP contribution in [-0.2, 0) is 6.42 Å². The topological polar surface area (TPSA) is 12.0 Å². The Bertz CT molecular complexity index is 750. The molecular weight excluding hydrogens is 254 g/mol. The van der Waals surface area contributed by atoms with Crippen LogP contribution in [0.1, 0.15) is 11.1 Å². The van der Waals surface area contributed by atoms with Crippen LogP contribution < -0.4 is 5.32 Å². The first kappa shape index (κ1) is 12.2. The summed E-state index contributed by atoms with van der Waals surface area (Å²) in [6.07, 6.45) is 9.92. The number of benzene rings is 2. The molecule has 1 heteroatoms. The number of anilines is 1. The van der Waals surface area contributed by atoms with Crippen molar-refractivity contribution in [3.63, 3.8) is 0 Å². The van der Waals surface area contributed by atoms with Crippen molar-refractivity contribution < 1.29 is 0 Å². The molecule has 0 amide bonds. The Morgan fingerprint density at radius 2 is 1.67 bits per heavy atom. The van der Waals surface area contributed by atoms with Crippen LogP contribution in [0.2, 0.25) is 0 Å². The Morgan fingerprint density at radius 3 is 2.57 bits per heavy atom. The van der Waals surface area contributed by atoms with Crippen molar-refractivity contribution in [3.05, 3.63) is 95.6 Å². The minimum Gasteiger partial charge on any atom is -0.355 e. The summed E-state index contributed by atoms with van der Waals surface area (Å²) in [5, 5.41) is 3.63. The maximum Gasteiger partial charge on any atom is 0.0499 e. The monoisotopic (exact) mass is 271 g/mol. The molecule has 4 rings (SSSR count). The third kappa shape index (κ3) is 2.21. The third-order valence-corrected chi connectivity index (χ3v) is 4.19. The van der Waals surface area contributed by atoms with Crippen LogP contribution in [0.25, 0.3) is 5.70 Å². The number of rotatable bonds is 2. The predicted molar refractivity (Wildman–Crippen MR) is 88.9 cm³/mol. The maximum absolute atomic E-state index is 3.63. The first-order valence-corrected chi connectivity index (χ1v) is 7.41. The lowest BCUT2D eigenvalue weighted by atomic mass is 9.79.